The van der Waals surface area contributed by atoms with E-state index in [2.05, 4.69) is 20.9 Å². The zero-order chi connectivity index (χ0) is 30.8. The van der Waals surface area contributed by atoms with Gasteiger partial charge in [-0.1, -0.05) is 24.3 Å². The minimum Gasteiger partial charge on any atom is -0.497 e. The SMILES string of the molecule is COc1cccc(C(O)C(=O)Nc2c(C)[nH]c(/C=C3\C(=O)Nc4ccc(C(=O)NC(C)c5ccc(F)cc5)cc43)c2C)c1. The van der Waals surface area contributed by atoms with Gasteiger partial charge in [-0.25, -0.2) is 4.39 Å². The molecule has 0 saturated heterocycles. The lowest BCUT2D eigenvalue weighted by molar-refractivity contribution is -0.124. The predicted molar refractivity (Wildman–Crippen MR) is 162 cm³/mol. The summed E-state index contributed by atoms with van der Waals surface area (Å²) >= 11 is 0. The molecule has 5 rings (SSSR count). The molecule has 0 aliphatic carbocycles. The van der Waals surface area contributed by atoms with E-state index < -0.39 is 12.0 Å². The molecule has 1 aliphatic heterocycles. The Morgan fingerprint density at radius 3 is 2.49 bits per heavy atom. The first-order chi connectivity index (χ1) is 20.5. The standard InChI is InChI=1S/C33H31FN4O5/c1-17-28(35-19(3)29(17)38-33(42)30(39)21-6-5-7-24(14-21)43-4)16-26-25-15-22(10-13-27(25)37-32(26)41)31(40)36-18(2)20-8-11-23(34)12-9-20/h5-16,18,30,35,39H,1-4H3,(H,36,40)(H,37,41)(H,38,42)/b26-16-. The first kappa shape index (κ1) is 29.3. The molecule has 4 aromatic rings. The molecule has 0 saturated carbocycles. The largest absolute Gasteiger partial charge is 0.497 e. The molecular formula is C33H31FN4O5. The van der Waals surface area contributed by atoms with E-state index in [1.165, 1.54) is 19.2 Å². The number of fused-ring (bicyclic) bond motifs is 1. The van der Waals surface area contributed by atoms with Crippen LogP contribution in [0.2, 0.25) is 0 Å². The number of aliphatic hydroxyl groups is 1. The van der Waals surface area contributed by atoms with E-state index in [4.69, 9.17) is 4.74 Å². The van der Waals surface area contributed by atoms with Crippen molar-refractivity contribution < 1.29 is 28.6 Å². The highest BCUT2D eigenvalue weighted by Gasteiger charge is 2.27. The summed E-state index contributed by atoms with van der Waals surface area (Å²) in [4.78, 5) is 42.1. The van der Waals surface area contributed by atoms with Crippen molar-refractivity contribution in [1.29, 1.82) is 0 Å². The van der Waals surface area contributed by atoms with Crippen LogP contribution in [0.25, 0.3) is 11.6 Å². The number of carbonyl (C=O) groups is 3. The normalized spacial score (nSPS) is 14.6. The number of H-pyrrole nitrogens is 1. The molecule has 3 aromatic carbocycles. The first-order valence-corrected chi connectivity index (χ1v) is 13.6. The average Bonchev–Trinajstić information content (AvgIpc) is 3.46. The van der Waals surface area contributed by atoms with Crippen LogP contribution in [0.3, 0.4) is 0 Å². The third kappa shape index (κ3) is 6.05. The number of carbonyl (C=O) groups excluding carboxylic acids is 3. The van der Waals surface area contributed by atoms with Crippen LogP contribution in [0.5, 0.6) is 5.75 Å². The summed E-state index contributed by atoms with van der Waals surface area (Å²) in [6, 6.07) is 17.1. The lowest BCUT2D eigenvalue weighted by Gasteiger charge is -2.15. The highest BCUT2D eigenvalue weighted by atomic mass is 19.1. The predicted octanol–water partition coefficient (Wildman–Crippen LogP) is 5.44. The number of hydrogen-bond donors (Lipinski definition) is 5. The number of hydrogen-bond acceptors (Lipinski definition) is 5. The van der Waals surface area contributed by atoms with E-state index in [9.17, 15) is 23.9 Å². The Morgan fingerprint density at radius 1 is 1.02 bits per heavy atom. The number of halogens is 1. The molecule has 0 fully saturated rings. The average molecular weight is 583 g/mol. The summed E-state index contributed by atoms with van der Waals surface area (Å²) < 4.78 is 18.5. The highest BCUT2D eigenvalue weighted by Crippen LogP contribution is 2.36. The molecule has 2 atom stereocenters. The number of aliphatic hydroxyl groups excluding tert-OH is 1. The Labute approximate surface area is 247 Å². The van der Waals surface area contributed by atoms with Crippen LogP contribution in [0, 0.1) is 19.7 Å². The molecule has 0 radical (unpaired) electrons. The molecule has 1 aliphatic rings. The molecule has 0 spiro atoms. The van der Waals surface area contributed by atoms with Crippen LogP contribution in [-0.2, 0) is 9.59 Å². The van der Waals surface area contributed by atoms with Gasteiger partial charge in [-0.15, -0.1) is 0 Å². The summed E-state index contributed by atoms with van der Waals surface area (Å²) in [5, 5.41) is 19.2. The van der Waals surface area contributed by atoms with Gasteiger partial charge in [0, 0.05) is 28.2 Å². The smallest absolute Gasteiger partial charge is 0.257 e. The van der Waals surface area contributed by atoms with E-state index >= 15 is 0 Å². The number of aromatic nitrogens is 1. The van der Waals surface area contributed by atoms with E-state index in [0.717, 1.165) is 5.56 Å². The number of aryl methyl sites for hydroxylation is 1. The molecule has 0 bridgehead atoms. The number of methoxy groups -OCH3 is 1. The molecule has 5 N–H and O–H groups in total. The van der Waals surface area contributed by atoms with Crippen molar-refractivity contribution >= 4 is 40.7 Å². The van der Waals surface area contributed by atoms with Gasteiger partial charge < -0.3 is 30.8 Å². The van der Waals surface area contributed by atoms with Crippen LogP contribution < -0.4 is 20.7 Å². The van der Waals surface area contributed by atoms with Crippen LogP contribution in [0.1, 0.15) is 63.1 Å². The number of ether oxygens (including phenoxy) is 1. The maximum Gasteiger partial charge on any atom is 0.257 e. The van der Waals surface area contributed by atoms with Crippen molar-refractivity contribution in [2.75, 3.05) is 17.7 Å². The number of rotatable bonds is 8. The zero-order valence-corrected chi connectivity index (χ0v) is 24.0. The van der Waals surface area contributed by atoms with E-state index in [1.807, 2.05) is 0 Å². The van der Waals surface area contributed by atoms with E-state index in [-0.39, 0.29) is 23.7 Å². The van der Waals surface area contributed by atoms with E-state index in [1.54, 1.807) is 81.4 Å². The Balaban J connectivity index is 1.37. The molecule has 9 nitrogen and oxygen atoms in total. The lowest BCUT2D eigenvalue weighted by Crippen LogP contribution is -2.26. The van der Waals surface area contributed by atoms with Crippen LogP contribution in [-0.4, -0.2) is 34.9 Å². The highest BCUT2D eigenvalue weighted by molar-refractivity contribution is 6.35. The second kappa shape index (κ2) is 11.9. The fourth-order valence-corrected chi connectivity index (χ4v) is 4.99. The number of anilines is 2. The number of nitrogens with one attached hydrogen (secondary N) is 4. The summed E-state index contributed by atoms with van der Waals surface area (Å²) in [6.07, 6.45) is 0.244. The number of benzene rings is 3. The van der Waals surface area contributed by atoms with Crippen molar-refractivity contribution in [3.05, 3.63) is 112 Å². The zero-order valence-electron chi connectivity index (χ0n) is 24.0. The second-order valence-corrected chi connectivity index (χ2v) is 10.4. The minimum absolute atomic E-state index is 0.335. The van der Waals surface area contributed by atoms with Gasteiger partial charge in [0.1, 0.15) is 11.6 Å². The van der Waals surface area contributed by atoms with Gasteiger partial charge in [-0.3, -0.25) is 14.4 Å². The summed E-state index contributed by atoms with van der Waals surface area (Å²) in [5.74, 6) is -1.13. The van der Waals surface area contributed by atoms with Gasteiger partial charge >= 0.3 is 0 Å². The van der Waals surface area contributed by atoms with Crippen molar-refractivity contribution in [3.8, 4) is 5.75 Å². The van der Waals surface area contributed by atoms with Gasteiger partial charge in [0.05, 0.1) is 24.4 Å². The minimum atomic E-state index is -1.42. The van der Waals surface area contributed by atoms with E-state index in [0.29, 0.717) is 56.3 Å². The molecule has 2 heterocycles. The quantitative estimate of drug-likeness (QED) is 0.177. The van der Waals surface area contributed by atoms with Crippen molar-refractivity contribution in [1.82, 2.24) is 10.3 Å². The summed E-state index contributed by atoms with van der Waals surface area (Å²) in [7, 11) is 1.50. The second-order valence-electron chi connectivity index (χ2n) is 10.4. The van der Waals surface area contributed by atoms with Crippen LogP contribution >= 0.6 is 0 Å². The van der Waals surface area contributed by atoms with Gasteiger partial charge in [0.2, 0.25) is 0 Å². The molecule has 10 heteroatoms. The van der Waals surface area contributed by atoms with Crippen LogP contribution in [0.15, 0.2) is 66.7 Å². The Morgan fingerprint density at radius 2 is 1.77 bits per heavy atom. The molecule has 1 aromatic heterocycles. The molecule has 43 heavy (non-hydrogen) atoms. The third-order valence-electron chi connectivity index (χ3n) is 7.45. The Hall–Kier alpha value is -5.22. The molecule has 220 valence electrons. The maximum absolute atomic E-state index is 13.3. The molecule has 2 unspecified atom stereocenters. The number of aromatic amines is 1. The molecular weight excluding hydrogens is 551 g/mol. The summed E-state index contributed by atoms with van der Waals surface area (Å²) in [6.45, 7) is 5.37. The number of amides is 3. The topological polar surface area (TPSA) is 133 Å². The fraction of sp³-hybridized carbons (Fsp3) is 0.182. The lowest BCUT2D eigenvalue weighted by atomic mass is 10.0. The fourth-order valence-electron chi connectivity index (χ4n) is 4.99. The Kier molecular flexibility index (Phi) is 8.13. The van der Waals surface area contributed by atoms with Crippen LogP contribution in [0.4, 0.5) is 15.8 Å². The van der Waals surface area contributed by atoms with Crippen molar-refractivity contribution in [2.45, 2.75) is 32.9 Å². The van der Waals surface area contributed by atoms with Crippen molar-refractivity contribution in [3.63, 3.8) is 0 Å². The van der Waals surface area contributed by atoms with Crippen molar-refractivity contribution in [2.24, 2.45) is 0 Å². The maximum atomic E-state index is 13.3. The monoisotopic (exact) mass is 582 g/mol. The van der Waals surface area contributed by atoms with Gasteiger partial charge in [-0.05, 0) is 86.0 Å². The third-order valence-corrected chi connectivity index (χ3v) is 7.45. The summed E-state index contributed by atoms with van der Waals surface area (Å²) in [5.41, 5.74) is 5.33. The van der Waals surface area contributed by atoms with Gasteiger partial charge in [0.25, 0.3) is 17.7 Å². The van der Waals surface area contributed by atoms with Gasteiger partial charge in [0.15, 0.2) is 6.10 Å². The Bertz CT molecular complexity index is 1760. The van der Waals surface area contributed by atoms with Gasteiger partial charge in [-0.2, -0.15) is 0 Å². The molecule has 3 amide bonds. The first-order valence-electron chi connectivity index (χ1n) is 13.6.